The zero-order valence-electron chi connectivity index (χ0n) is 19.0. The number of nitro benzene ring substituents is 1. The van der Waals surface area contributed by atoms with Crippen molar-refractivity contribution in [1.82, 2.24) is 15.0 Å². The number of benzene rings is 2. The molecule has 0 amide bonds. The maximum absolute atomic E-state index is 11.5. The van der Waals surface area contributed by atoms with E-state index in [4.69, 9.17) is 14.2 Å². The number of nitrogens with zero attached hydrogens (tertiary/aromatic N) is 6. The van der Waals surface area contributed by atoms with Crippen LogP contribution in [0.1, 0.15) is 11.1 Å². The number of anilines is 3. The zero-order valence-corrected chi connectivity index (χ0v) is 19.8. The van der Waals surface area contributed by atoms with Crippen LogP contribution in [0.2, 0.25) is 0 Å². The number of nitro groups is 1. The number of morpholine rings is 1. The van der Waals surface area contributed by atoms with Crippen LogP contribution >= 0.6 is 12.4 Å². The predicted molar refractivity (Wildman–Crippen MR) is 134 cm³/mol. The first-order valence-electron chi connectivity index (χ1n) is 10.9. The van der Waals surface area contributed by atoms with Gasteiger partial charge in [-0.2, -0.15) is 20.1 Å². The van der Waals surface area contributed by atoms with Crippen molar-refractivity contribution in [2.24, 2.45) is 5.10 Å². The summed E-state index contributed by atoms with van der Waals surface area (Å²) in [7, 11) is 0. The van der Waals surface area contributed by atoms with Crippen molar-refractivity contribution < 1.29 is 19.1 Å². The summed E-state index contributed by atoms with van der Waals surface area (Å²) in [5.41, 5.74) is 3.92. The summed E-state index contributed by atoms with van der Waals surface area (Å²) >= 11 is 0. The van der Waals surface area contributed by atoms with Gasteiger partial charge in [-0.1, -0.05) is 30.3 Å². The average molecular weight is 515 g/mol. The molecule has 1 fully saturated rings. The Morgan fingerprint density at radius 3 is 2.53 bits per heavy atom. The van der Waals surface area contributed by atoms with Crippen molar-refractivity contribution in [2.75, 3.05) is 48.7 Å². The molecule has 0 spiro atoms. The SMILES string of the molecule is Cl.O=[N+]([O-])c1cc2c(cc1/C=N/Nc1nc(NCc3ccccc3)nc(N3CCOCC3)n1)OCO2. The third-order valence-electron chi connectivity index (χ3n) is 5.30. The molecule has 36 heavy (non-hydrogen) atoms. The van der Waals surface area contributed by atoms with Gasteiger partial charge in [-0.3, -0.25) is 10.1 Å². The minimum Gasteiger partial charge on any atom is -0.454 e. The van der Waals surface area contributed by atoms with Crippen molar-refractivity contribution in [3.05, 3.63) is 63.7 Å². The van der Waals surface area contributed by atoms with Gasteiger partial charge in [0.25, 0.3) is 5.69 Å². The number of hydrazone groups is 1. The maximum Gasteiger partial charge on any atom is 0.282 e. The Hall–Kier alpha value is -4.23. The molecule has 0 aliphatic carbocycles. The fraction of sp³-hybridized carbons (Fsp3) is 0.273. The summed E-state index contributed by atoms with van der Waals surface area (Å²) in [5.74, 6) is 1.78. The van der Waals surface area contributed by atoms with Gasteiger partial charge in [0.2, 0.25) is 24.6 Å². The van der Waals surface area contributed by atoms with E-state index in [0.717, 1.165) is 5.56 Å². The van der Waals surface area contributed by atoms with Crippen LogP contribution in [0.25, 0.3) is 0 Å². The van der Waals surface area contributed by atoms with E-state index in [0.29, 0.717) is 56.2 Å². The van der Waals surface area contributed by atoms with Crippen molar-refractivity contribution in [2.45, 2.75) is 6.54 Å². The molecule has 2 aliphatic heterocycles. The molecule has 1 saturated heterocycles. The van der Waals surface area contributed by atoms with Gasteiger partial charge in [-0.15, -0.1) is 12.4 Å². The second-order valence-electron chi connectivity index (χ2n) is 7.61. The number of hydrogen-bond donors (Lipinski definition) is 2. The van der Waals surface area contributed by atoms with Gasteiger partial charge in [0.05, 0.1) is 36.0 Å². The van der Waals surface area contributed by atoms with E-state index in [1.807, 2.05) is 35.2 Å². The molecule has 3 heterocycles. The fourth-order valence-electron chi connectivity index (χ4n) is 3.54. The van der Waals surface area contributed by atoms with Crippen LogP contribution in [0.15, 0.2) is 47.6 Å². The monoisotopic (exact) mass is 514 g/mol. The Labute approximate surface area is 212 Å². The van der Waals surface area contributed by atoms with Crippen molar-refractivity contribution in [3.8, 4) is 11.5 Å². The van der Waals surface area contributed by atoms with E-state index in [1.54, 1.807) is 0 Å². The summed E-state index contributed by atoms with van der Waals surface area (Å²) in [4.78, 5) is 26.4. The van der Waals surface area contributed by atoms with Gasteiger partial charge in [-0.25, -0.2) is 5.43 Å². The molecule has 0 atom stereocenters. The van der Waals surface area contributed by atoms with Crippen LogP contribution in [0.4, 0.5) is 23.5 Å². The molecule has 13 nitrogen and oxygen atoms in total. The molecule has 2 N–H and O–H groups in total. The van der Waals surface area contributed by atoms with Crippen molar-refractivity contribution in [3.63, 3.8) is 0 Å². The van der Waals surface area contributed by atoms with E-state index in [-0.39, 0.29) is 36.4 Å². The summed E-state index contributed by atoms with van der Waals surface area (Å²) < 4.78 is 16.0. The number of ether oxygens (including phenoxy) is 3. The molecule has 188 valence electrons. The van der Waals surface area contributed by atoms with Crippen LogP contribution in [0.3, 0.4) is 0 Å². The Kier molecular flexibility index (Phi) is 7.92. The molecular formula is C22H23ClN8O5. The van der Waals surface area contributed by atoms with Gasteiger partial charge in [0.1, 0.15) is 0 Å². The second-order valence-corrected chi connectivity index (χ2v) is 7.61. The molecule has 2 aliphatic rings. The zero-order chi connectivity index (χ0) is 24.0. The first-order valence-corrected chi connectivity index (χ1v) is 10.9. The topological polar surface area (TPSA) is 149 Å². The van der Waals surface area contributed by atoms with Crippen molar-refractivity contribution >= 4 is 42.2 Å². The third-order valence-corrected chi connectivity index (χ3v) is 5.30. The van der Waals surface area contributed by atoms with Crippen LogP contribution < -0.4 is 25.1 Å². The Morgan fingerprint density at radius 1 is 1.06 bits per heavy atom. The number of aromatic nitrogens is 3. The standard InChI is InChI=1S/C22H22N8O5.ClH/c31-30(32)17-11-19-18(34-14-35-19)10-16(17)13-24-28-21-25-20(23-12-15-4-2-1-3-5-15)26-22(27-21)29-6-8-33-9-7-29;/h1-5,10-11,13H,6-9,12,14H2,(H2,23,25,26,27,28);1H/b24-13+;. The van der Waals surface area contributed by atoms with Gasteiger partial charge >= 0.3 is 0 Å². The number of halogens is 1. The van der Waals surface area contributed by atoms with Gasteiger partial charge in [0, 0.05) is 19.6 Å². The van der Waals surface area contributed by atoms with Crippen LogP contribution in [0.5, 0.6) is 11.5 Å². The minimum atomic E-state index is -0.506. The molecule has 5 rings (SSSR count). The summed E-state index contributed by atoms with van der Waals surface area (Å²) in [5, 5.41) is 18.8. The first kappa shape index (κ1) is 24.9. The smallest absolute Gasteiger partial charge is 0.282 e. The molecule has 0 bridgehead atoms. The molecular weight excluding hydrogens is 492 g/mol. The quantitative estimate of drug-likeness (QED) is 0.259. The van der Waals surface area contributed by atoms with Gasteiger partial charge in [0.15, 0.2) is 11.5 Å². The lowest BCUT2D eigenvalue weighted by atomic mass is 10.1. The average Bonchev–Trinajstić information content (AvgIpc) is 3.35. The van der Waals surface area contributed by atoms with Crippen molar-refractivity contribution in [1.29, 1.82) is 0 Å². The lowest BCUT2D eigenvalue weighted by Crippen LogP contribution is -2.37. The molecule has 2 aromatic carbocycles. The molecule has 0 unspecified atom stereocenters. The molecule has 3 aromatic rings. The Morgan fingerprint density at radius 2 is 1.78 bits per heavy atom. The highest BCUT2D eigenvalue weighted by atomic mass is 35.5. The van der Waals surface area contributed by atoms with Gasteiger partial charge in [-0.05, 0) is 11.6 Å². The lowest BCUT2D eigenvalue weighted by Gasteiger charge is -2.27. The van der Waals surface area contributed by atoms with Crippen LogP contribution in [0, 0.1) is 10.1 Å². The molecule has 0 saturated carbocycles. The molecule has 14 heteroatoms. The second kappa shape index (κ2) is 11.5. The maximum atomic E-state index is 11.5. The Balaban J connectivity index is 0.00000304. The fourth-order valence-corrected chi connectivity index (χ4v) is 3.54. The predicted octanol–water partition coefficient (Wildman–Crippen LogP) is 2.83. The highest BCUT2D eigenvalue weighted by molar-refractivity contribution is 5.87. The normalized spacial score (nSPS) is 14.4. The summed E-state index contributed by atoms with van der Waals surface area (Å²) in [6.45, 7) is 2.99. The van der Waals surface area contributed by atoms with E-state index >= 15 is 0 Å². The number of fused-ring (bicyclic) bond motifs is 1. The largest absolute Gasteiger partial charge is 0.454 e. The minimum absolute atomic E-state index is 0. The molecule has 0 radical (unpaired) electrons. The van der Waals surface area contributed by atoms with E-state index in [2.05, 4.69) is 30.8 Å². The number of nitrogens with one attached hydrogen (secondary N) is 2. The van der Waals surface area contributed by atoms with Crippen LogP contribution in [-0.4, -0.2) is 59.2 Å². The number of hydrogen-bond acceptors (Lipinski definition) is 12. The van der Waals surface area contributed by atoms with E-state index in [1.165, 1.54) is 18.3 Å². The third kappa shape index (κ3) is 5.87. The summed E-state index contributed by atoms with van der Waals surface area (Å²) in [6, 6.07) is 12.7. The van der Waals surface area contributed by atoms with E-state index < -0.39 is 4.92 Å². The summed E-state index contributed by atoms with van der Waals surface area (Å²) in [6.07, 6.45) is 1.31. The first-order chi connectivity index (χ1) is 17.2. The highest BCUT2D eigenvalue weighted by Crippen LogP contribution is 2.37. The Bertz CT molecular complexity index is 1240. The van der Waals surface area contributed by atoms with Gasteiger partial charge < -0.3 is 24.4 Å². The lowest BCUT2D eigenvalue weighted by molar-refractivity contribution is -0.385. The highest BCUT2D eigenvalue weighted by Gasteiger charge is 2.22. The van der Waals surface area contributed by atoms with E-state index in [9.17, 15) is 10.1 Å². The molecule has 1 aromatic heterocycles. The number of rotatable bonds is 8. The van der Waals surface area contributed by atoms with Crippen LogP contribution in [-0.2, 0) is 11.3 Å².